The minimum Gasteiger partial charge on any atom is -0.453 e. The molecule has 0 radical (unpaired) electrons. The van der Waals surface area contributed by atoms with Crippen molar-refractivity contribution in [1.29, 1.82) is 0 Å². The van der Waals surface area contributed by atoms with Crippen LogP contribution >= 0.6 is 0 Å². The maximum Gasteiger partial charge on any atom is 0.409 e. The molecule has 1 saturated heterocycles. The average Bonchev–Trinajstić information content (AvgIpc) is 2.99. The molecule has 0 saturated carbocycles. The normalized spacial score (nSPS) is 16.0. The van der Waals surface area contributed by atoms with Crippen LogP contribution in [0.3, 0.4) is 0 Å². The van der Waals surface area contributed by atoms with Gasteiger partial charge in [-0.2, -0.15) is 0 Å². The number of amides is 1. The number of rotatable bonds is 3. The van der Waals surface area contributed by atoms with Crippen LogP contribution in [-0.2, 0) is 11.2 Å². The number of nitrogens with one attached hydrogen (secondary N) is 2. The Morgan fingerprint density at radius 2 is 2.23 bits per heavy atom. The Hall–Kier alpha value is -2.31. The van der Waals surface area contributed by atoms with Gasteiger partial charge in [-0.3, -0.25) is 0 Å². The van der Waals surface area contributed by atoms with Gasteiger partial charge in [-0.25, -0.2) is 14.8 Å². The van der Waals surface area contributed by atoms with E-state index in [1.54, 1.807) is 11.2 Å². The van der Waals surface area contributed by atoms with Gasteiger partial charge < -0.3 is 19.9 Å². The summed E-state index contributed by atoms with van der Waals surface area (Å²) in [4.78, 5) is 25.1. The van der Waals surface area contributed by atoms with Gasteiger partial charge >= 0.3 is 6.09 Å². The number of piperidine rings is 1. The summed E-state index contributed by atoms with van der Waals surface area (Å²) in [7, 11) is 1.42. The van der Waals surface area contributed by atoms with Crippen molar-refractivity contribution in [3.63, 3.8) is 0 Å². The van der Waals surface area contributed by atoms with Crippen molar-refractivity contribution >= 4 is 22.9 Å². The number of likely N-dealkylation sites (tertiary alicyclic amines) is 1. The van der Waals surface area contributed by atoms with E-state index in [1.807, 2.05) is 6.20 Å². The molecule has 0 atom stereocenters. The van der Waals surface area contributed by atoms with Gasteiger partial charge in [0.25, 0.3) is 0 Å². The first-order chi connectivity index (χ1) is 10.7. The van der Waals surface area contributed by atoms with Crippen molar-refractivity contribution in [1.82, 2.24) is 19.9 Å². The van der Waals surface area contributed by atoms with Crippen molar-refractivity contribution < 1.29 is 9.53 Å². The number of fused-ring (bicyclic) bond motifs is 1. The lowest BCUT2D eigenvalue weighted by molar-refractivity contribution is 0.113. The van der Waals surface area contributed by atoms with Gasteiger partial charge in [0, 0.05) is 25.3 Å². The number of nitrogens with zero attached hydrogens (tertiary/aromatic N) is 3. The summed E-state index contributed by atoms with van der Waals surface area (Å²) >= 11 is 0. The predicted octanol–water partition coefficient (Wildman–Crippen LogP) is 2.16. The summed E-state index contributed by atoms with van der Waals surface area (Å²) in [6.45, 7) is 3.52. The maximum atomic E-state index is 11.5. The number of hydrogen-bond acceptors (Lipinski definition) is 5. The summed E-state index contributed by atoms with van der Waals surface area (Å²) in [6, 6.07) is 0.304. The minimum atomic E-state index is -0.248. The van der Waals surface area contributed by atoms with E-state index in [-0.39, 0.29) is 6.09 Å². The standard InChI is InChI=1S/C15H21N5O2/c1-3-10-8-16-13-12(10)14(18-9-17-13)19-11-4-6-20(7-5-11)15(21)22-2/h8-9,11H,3-7H2,1-2H3,(H2,16,17,18,19). The number of carbonyl (C=O) groups excluding carboxylic acids is 1. The Morgan fingerprint density at radius 3 is 2.91 bits per heavy atom. The summed E-state index contributed by atoms with van der Waals surface area (Å²) in [5.74, 6) is 0.875. The zero-order valence-corrected chi connectivity index (χ0v) is 12.9. The Bertz CT molecular complexity index is 661. The molecule has 3 heterocycles. The SMILES string of the molecule is CCc1c[nH]c2ncnc(NC3CCN(C(=O)OC)CC3)c12. The lowest BCUT2D eigenvalue weighted by Gasteiger charge is -2.31. The Kier molecular flexibility index (Phi) is 4.13. The Balaban J connectivity index is 1.72. The third kappa shape index (κ3) is 2.70. The lowest BCUT2D eigenvalue weighted by atomic mass is 10.0. The highest BCUT2D eigenvalue weighted by Gasteiger charge is 2.24. The van der Waals surface area contributed by atoms with E-state index in [1.165, 1.54) is 12.7 Å². The zero-order chi connectivity index (χ0) is 15.5. The summed E-state index contributed by atoms with van der Waals surface area (Å²) in [6.07, 6.45) is 6.01. The molecule has 0 bridgehead atoms. The van der Waals surface area contributed by atoms with Crippen LogP contribution in [0, 0.1) is 0 Å². The van der Waals surface area contributed by atoms with Gasteiger partial charge in [0.1, 0.15) is 17.8 Å². The van der Waals surface area contributed by atoms with Crippen LogP contribution in [0.25, 0.3) is 11.0 Å². The van der Waals surface area contributed by atoms with Crippen molar-refractivity contribution in [3.05, 3.63) is 18.1 Å². The predicted molar refractivity (Wildman–Crippen MR) is 83.9 cm³/mol. The largest absolute Gasteiger partial charge is 0.453 e. The molecule has 0 aromatic carbocycles. The van der Waals surface area contributed by atoms with Gasteiger partial charge in [0.15, 0.2) is 0 Å². The molecule has 0 spiro atoms. The fourth-order valence-electron chi connectivity index (χ4n) is 2.94. The molecule has 3 rings (SSSR count). The van der Waals surface area contributed by atoms with Gasteiger partial charge in [-0.1, -0.05) is 6.92 Å². The first-order valence-corrected chi connectivity index (χ1v) is 7.63. The van der Waals surface area contributed by atoms with E-state index in [0.29, 0.717) is 19.1 Å². The van der Waals surface area contributed by atoms with Crippen molar-refractivity contribution in [2.45, 2.75) is 32.2 Å². The lowest BCUT2D eigenvalue weighted by Crippen LogP contribution is -2.42. The maximum absolute atomic E-state index is 11.5. The fourth-order valence-corrected chi connectivity index (χ4v) is 2.94. The van der Waals surface area contributed by atoms with E-state index in [2.05, 4.69) is 27.2 Å². The monoisotopic (exact) mass is 303 g/mol. The molecule has 1 fully saturated rings. The van der Waals surface area contributed by atoms with E-state index >= 15 is 0 Å². The Labute approximate surface area is 129 Å². The van der Waals surface area contributed by atoms with Gasteiger partial charge in [-0.05, 0) is 24.8 Å². The van der Waals surface area contributed by atoms with Crippen LogP contribution in [0.15, 0.2) is 12.5 Å². The molecule has 1 aliphatic rings. The Morgan fingerprint density at radius 1 is 1.45 bits per heavy atom. The zero-order valence-electron chi connectivity index (χ0n) is 12.9. The molecule has 7 heteroatoms. The second-order valence-corrected chi connectivity index (χ2v) is 5.49. The van der Waals surface area contributed by atoms with Crippen LogP contribution in [0.5, 0.6) is 0 Å². The number of methoxy groups -OCH3 is 1. The van der Waals surface area contributed by atoms with Gasteiger partial charge in [0.05, 0.1) is 12.5 Å². The molecule has 2 aromatic rings. The number of aromatic amines is 1. The molecular formula is C15H21N5O2. The smallest absolute Gasteiger partial charge is 0.409 e. The second kappa shape index (κ2) is 6.21. The molecule has 2 aromatic heterocycles. The van der Waals surface area contributed by atoms with Crippen LogP contribution in [0.4, 0.5) is 10.6 Å². The van der Waals surface area contributed by atoms with E-state index in [4.69, 9.17) is 4.74 Å². The summed E-state index contributed by atoms with van der Waals surface area (Å²) in [5.41, 5.74) is 2.08. The molecule has 1 amide bonds. The number of H-pyrrole nitrogens is 1. The molecule has 2 N–H and O–H groups in total. The van der Waals surface area contributed by atoms with Crippen molar-refractivity contribution in [2.75, 3.05) is 25.5 Å². The summed E-state index contributed by atoms with van der Waals surface area (Å²) in [5, 5.41) is 4.58. The number of ether oxygens (including phenoxy) is 1. The van der Waals surface area contributed by atoms with Crippen molar-refractivity contribution in [2.24, 2.45) is 0 Å². The van der Waals surface area contributed by atoms with Crippen LogP contribution in [0.1, 0.15) is 25.3 Å². The van der Waals surface area contributed by atoms with Gasteiger partial charge in [-0.15, -0.1) is 0 Å². The first kappa shape index (κ1) is 14.6. The molecule has 0 aliphatic carbocycles. The highest BCUT2D eigenvalue weighted by atomic mass is 16.5. The fraction of sp³-hybridized carbons (Fsp3) is 0.533. The number of aryl methyl sites for hydroxylation is 1. The average molecular weight is 303 g/mol. The number of hydrogen-bond donors (Lipinski definition) is 2. The quantitative estimate of drug-likeness (QED) is 0.908. The van der Waals surface area contributed by atoms with E-state index in [9.17, 15) is 4.79 Å². The number of aromatic nitrogens is 3. The highest BCUT2D eigenvalue weighted by molar-refractivity contribution is 5.90. The third-order valence-electron chi connectivity index (χ3n) is 4.20. The molecule has 0 unspecified atom stereocenters. The third-order valence-corrected chi connectivity index (χ3v) is 4.20. The van der Waals surface area contributed by atoms with E-state index in [0.717, 1.165) is 36.1 Å². The number of carbonyl (C=O) groups is 1. The molecule has 7 nitrogen and oxygen atoms in total. The van der Waals surface area contributed by atoms with Crippen LogP contribution in [-0.4, -0.2) is 52.2 Å². The first-order valence-electron chi connectivity index (χ1n) is 7.63. The topological polar surface area (TPSA) is 83.1 Å². The van der Waals surface area contributed by atoms with Crippen LogP contribution in [0.2, 0.25) is 0 Å². The number of anilines is 1. The minimum absolute atomic E-state index is 0.248. The van der Waals surface area contributed by atoms with Crippen LogP contribution < -0.4 is 5.32 Å². The van der Waals surface area contributed by atoms with Gasteiger partial charge in [0.2, 0.25) is 0 Å². The molecule has 22 heavy (non-hydrogen) atoms. The molecular weight excluding hydrogens is 282 g/mol. The van der Waals surface area contributed by atoms with Crippen molar-refractivity contribution in [3.8, 4) is 0 Å². The van der Waals surface area contributed by atoms with E-state index < -0.39 is 0 Å². The summed E-state index contributed by atoms with van der Waals surface area (Å²) < 4.78 is 4.76. The molecule has 1 aliphatic heterocycles. The highest BCUT2D eigenvalue weighted by Crippen LogP contribution is 2.25. The second-order valence-electron chi connectivity index (χ2n) is 5.49. The molecule has 118 valence electrons.